The summed E-state index contributed by atoms with van der Waals surface area (Å²) in [5.74, 6) is -0.411. The molecule has 86 valence electrons. The number of nitrogens with two attached hydrogens (primary N) is 1. The third-order valence-corrected chi connectivity index (χ3v) is 2.95. The van der Waals surface area contributed by atoms with Gasteiger partial charge in [-0.25, -0.2) is 4.39 Å². The zero-order valence-corrected chi connectivity index (χ0v) is 10.3. The van der Waals surface area contributed by atoms with Gasteiger partial charge in [0.25, 0.3) is 0 Å². The van der Waals surface area contributed by atoms with E-state index in [9.17, 15) is 9.18 Å². The second kappa shape index (κ2) is 5.92. The van der Waals surface area contributed by atoms with Crippen molar-refractivity contribution in [3.05, 3.63) is 46.7 Å². The summed E-state index contributed by atoms with van der Waals surface area (Å²) >= 11 is 3.21. The van der Waals surface area contributed by atoms with Crippen LogP contribution in [0.3, 0.4) is 0 Å². The van der Waals surface area contributed by atoms with Crippen molar-refractivity contribution < 1.29 is 9.18 Å². The molecule has 0 amide bonds. The average molecular weight is 286 g/mol. The van der Waals surface area contributed by atoms with Crippen LogP contribution in [-0.4, -0.2) is 11.8 Å². The lowest BCUT2D eigenvalue weighted by molar-refractivity contribution is -0.119. The maximum atomic E-state index is 12.8. The van der Waals surface area contributed by atoms with Crippen molar-refractivity contribution >= 4 is 21.7 Å². The molecule has 0 aliphatic rings. The summed E-state index contributed by atoms with van der Waals surface area (Å²) in [6, 6.07) is 3.71. The number of rotatable bonds is 5. The van der Waals surface area contributed by atoms with Crippen molar-refractivity contribution in [3.8, 4) is 0 Å². The first-order valence-electron chi connectivity index (χ1n) is 4.87. The summed E-state index contributed by atoms with van der Waals surface area (Å²) in [7, 11) is 0. The summed E-state index contributed by atoms with van der Waals surface area (Å²) in [6.07, 6.45) is 2.27. The van der Waals surface area contributed by atoms with Gasteiger partial charge in [-0.05, 0) is 24.1 Å². The molecule has 0 radical (unpaired) electrons. The van der Waals surface area contributed by atoms with E-state index in [1.165, 1.54) is 12.1 Å². The molecule has 0 aliphatic carbocycles. The molecule has 2 nitrogen and oxygen atoms in total. The molecule has 1 atom stereocenters. The average Bonchev–Trinajstić information content (AvgIpc) is 2.22. The summed E-state index contributed by atoms with van der Waals surface area (Å²) in [4.78, 5) is 11.7. The van der Waals surface area contributed by atoms with Crippen LogP contribution in [0.4, 0.5) is 4.39 Å². The van der Waals surface area contributed by atoms with Crippen LogP contribution in [0, 0.1) is 5.82 Å². The molecule has 2 N–H and O–H groups in total. The molecule has 16 heavy (non-hydrogen) atoms. The molecule has 0 heterocycles. The van der Waals surface area contributed by atoms with Crippen molar-refractivity contribution in [2.24, 2.45) is 5.73 Å². The normalized spacial score (nSPS) is 12.2. The second-order valence-electron chi connectivity index (χ2n) is 3.51. The Hall–Kier alpha value is -1.00. The van der Waals surface area contributed by atoms with Crippen LogP contribution < -0.4 is 5.73 Å². The van der Waals surface area contributed by atoms with E-state index >= 15 is 0 Å². The van der Waals surface area contributed by atoms with E-state index in [0.717, 1.165) is 5.56 Å². The minimum Gasteiger partial charge on any atom is -0.321 e. The van der Waals surface area contributed by atoms with Gasteiger partial charge >= 0.3 is 0 Å². The largest absolute Gasteiger partial charge is 0.321 e. The maximum Gasteiger partial charge on any atom is 0.154 e. The van der Waals surface area contributed by atoms with Gasteiger partial charge in [0, 0.05) is 10.9 Å². The summed E-state index contributed by atoms with van der Waals surface area (Å²) in [6.45, 7) is 3.53. The third-order valence-electron chi connectivity index (χ3n) is 2.21. The quantitative estimate of drug-likeness (QED) is 0.845. The molecule has 0 aromatic heterocycles. The molecule has 0 fully saturated rings. The molecule has 1 aromatic rings. The summed E-state index contributed by atoms with van der Waals surface area (Å²) in [5, 5.41) is 0. The molecule has 0 aliphatic heterocycles. The highest BCUT2D eigenvalue weighted by Crippen LogP contribution is 2.19. The van der Waals surface area contributed by atoms with Crippen molar-refractivity contribution in [2.75, 3.05) is 0 Å². The highest BCUT2D eigenvalue weighted by atomic mass is 79.9. The van der Waals surface area contributed by atoms with Crippen molar-refractivity contribution in [1.29, 1.82) is 0 Å². The Kier molecular flexibility index (Phi) is 4.83. The van der Waals surface area contributed by atoms with E-state index in [1.54, 1.807) is 12.1 Å². The number of carbonyl (C=O) groups excluding carboxylic acids is 1. The predicted octanol–water partition coefficient (Wildman–Crippen LogP) is 2.60. The fourth-order valence-corrected chi connectivity index (χ4v) is 1.79. The SMILES string of the molecule is C=CCC(N)C(=O)Cc1ccc(F)cc1Br. The Morgan fingerprint density at radius 1 is 1.62 bits per heavy atom. The number of benzene rings is 1. The summed E-state index contributed by atoms with van der Waals surface area (Å²) < 4.78 is 13.4. The molecule has 0 spiro atoms. The topological polar surface area (TPSA) is 43.1 Å². The van der Waals surface area contributed by atoms with Crippen LogP contribution in [-0.2, 0) is 11.2 Å². The Balaban J connectivity index is 2.73. The Bertz CT molecular complexity index is 406. The molecule has 0 saturated carbocycles. The van der Waals surface area contributed by atoms with Gasteiger partial charge in [0.1, 0.15) is 5.82 Å². The predicted molar refractivity (Wildman–Crippen MR) is 65.6 cm³/mol. The Labute approximate surface area is 102 Å². The number of carbonyl (C=O) groups is 1. The van der Waals surface area contributed by atoms with Gasteiger partial charge in [0.05, 0.1) is 6.04 Å². The number of ketones is 1. The van der Waals surface area contributed by atoms with Crippen LogP contribution in [0.2, 0.25) is 0 Å². The zero-order chi connectivity index (χ0) is 12.1. The van der Waals surface area contributed by atoms with E-state index in [2.05, 4.69) is 22.5 Å². The first-order chi connectivity index (χ1) is 7.54. The molecule has 1 unspecified atom stereocenters. The lowest BCUT2D eigenvalue weighted by Crippen LogP contribution is -2.31. The lowest BCUT2D eigenvalue weighted by atomic mass is 10.0. The number of halogens is 2. The van der Waals surface area contributed by atoms with E-state index in [-0.39, 0.29) is 18.0 Å². The molecule has 0 saturated heterocycles. The van der Waals surface area contributed by atoms with Gasteiger partial charge in [-0.1, -0.05) is 28.1 Å². The van der Waals surface area contributed by atoms with Crippen molar-refractivity contribution in [3.63, 3.8) is 0 Å². The first-order valence-corrected chi connectivity index (χ1v) is 5.67. The van der Waals surface area contributed by atoms with E-state index in [1.807, 2.05) is 0 Å². The number of Topliss-reactive ketones (excluding diaryl/α,β-unsaturated/α-hetero) is 1. The van der Waals surface area contributed by atoms with Crippen LogP contribution in [0.5, 0.6) is 0 Å². The van der Waals surface area contributed by atoms with Crippen molar-refractivity contribution in [2.45, 2.75) is 18.9 Å². The molecular weight excluding hydrogens is 273 g/mol. The van der Waals surface area contributed by atoms with E-state index < -0.39 is 6.04 Å². The highest BCUT2D eigenvalue weighted by Gasteiger charge is 2.14. The molecule has 1 aromatic carbocycles. The Morgan fingerprint density at radius 2 is 2.31 bits per heavy atom. The molecule has 4 heteroatoms. The van der Waals surface area contributed by atoms with Gasteiger partial charge in [-0.3, -0.25) is 4.79 Å². The lowest BCUT2D eigenvalue weighted by Gasteiger charge is -2.09. The van der Waals surface area contributed by atoms with Gasteiger partial charge in [0.15, 0.2) is 5.78 Å². The van der Waals surface area contributed by atoms with Gasteiger partial charge in [-0.15, -0.1) is 6.58 Å². The zero-order valence-electron chi connectivity index (χ0n) is 8.75. The van der Waals surface area contributed by atoms with E-state index in [4.69, 9.17) is 5.73 Å². The van der Waals surface area contributed by atoms with E-state index in [0.29, 0.717) is 10.9 Å². The van der Waals surface area contributed by atoms with Crippen molar-refractivity contribution in [1.82, 2.24) is 0 Å². The molecule has 0 bridgehead atoms. The molecular formula is C12H13BrFNO. The fourth-order valence-electron chi connectivity index (χ4n) is 1.29. The second-order valence-corrected chi connectivity index (χ2v) is 4.36. The van der Waals surface area contributed by atoms with Crippen LogP contribution in [0.1, 0.15) is 12.0 Å². The smallest absolute Gasteiger partial charge is 0.154 e. The first kappa shape index (κ1) is 13.1. The fraction of sp³-hybridized carbons (Fsp3) is 0.250. The maximum absolute atomic E-state index is 12.8. The monoisotopic (exact) mass is 285 g/mol. The Morgan fingerprint density at radius 3 is 2.88 bits per heavy atom. The number of hydrogen-bond donors (Lipinski definition) is 1. The van der Waals surface area contributed by atoms with Gasteiger partial charge in [-0.2, -0.15) is 0 Å². The number of hydrogen-bond acceptors (Lipinski definition) is 2. The standard InChI is InChI=1S/C12H13BrFNO/c1-2-3-11(15)12(16)6-8-4-5-9(14)7-10(8)13/h2,4-5,7,11H,1,3,6,15H2. The minimum atomic E-state index is -0.533. The minimum absolute atomic E-state index is 0.0767. The molecule has 1 rings (SSSR count). The van der Waals surface area contributed by atoms with Crippen LogP contribution >= 0.6 is 15.9 Å². The summed E-state index contributed by atoms with van der Waals surface area (Å²) in [5.41, 5.74) is 6.39. The highest BCUT2D eigenvalue weighted by molar-refractivity contribution is 9.10. The van der Waals surface area contributed by atoms with Crippen LogP contribution in [0.25, 0.3) is 0 Å². The van der Waals surface area contributed by atoms with Crippen LogP contribution in [0.15, 0.2) is 35.3 Å². The van der Waals surface area contributed by atoms with Gasteiger partial charge in [0.2, 0.25) is 0 Å². The third kappa shape index (κ3) is 3.54. The van der Waals surface area contributed by atoms with Gasteiger partial charge < -0.3 is 5.73 Å².